The van der Waals surface area contributed by atoms with Gasteiger partial charge in [-0.1, -0.05) is 48.5 Å². The van der Waals surface area contributed by atoms with Crippen LogP contribution in [0.5, 0.6) is 0 Å². The Morgan fingerprint density at radius 1 is 0.826 bits per heavy atom. The van der Waals surface area contributed by atoms with E-state index in [4.69, 9.17) is 0 Å². The molecule has 0 atom stereocenters. The maximum absolute atomic E-state index is 12.4. The van der Waals surface area contributed by atoms with Gasteiger partial charge in [-0.3, -0.25) is 9.59 Å². The Morgan fingerprint density at radius 3 is 2.09 bits per heavy atom. The van der Waals surface area contributed by atoms with Gasteiger partial charge in [0, 0.05) is 22.9 Å². The topological polar surface area (TPSA) is 49.7 Å². The highest BCUT2D eigenvalue weighted by Crippen LogP contribution is 2.12. The number of allylic oxidation sites excluding steroid dienone is 3. The highest BCUT2D eigenvalue weighted by Gasteiger charge is 2.15. The summed E-state index contributed by atoms with van der Waals surface area (Å²) in [4.78, 5) is 24.8. The number of nitrogens with zero attached hydrogens (tertiary/aromatic N) is 2. The van der Waals surface area contributed by atoms with E-state index in [1.54, 1.807) is 48.6 Å². The van der Waals surface area contributed by atoms with E-state index in [0.29, 0.717) is 16.7 Å². The summed E-state index contributed by atoms with van der Waals surface area (Å²) >= 11 is 0. The lowest BCUT2D eigenvalue weighted by molar-refractivity contribution is 0.0826. The lowest BCUT2D eigenvalue weighted by Crippen LogP contribution is -2.20. The molecule has 0 spiro atoms. The third-order valence-corrected chi connectivity index (χ3v) is 3.35. The first kappa shape index (κ1) is 14.7. The summed E-state index contributed by atoms with van der Waals surface area (Å²) in [5.41, 5.74) is 1.55. The van der Waals surface area contributed by atoms with Gasteiger partial charge in [-0.25, -0.2) is 5.01 Å². The molecule has 0 fully saturated rings. The van der Waals surface area contributed by atoms with E-state index in [0.717, 1.165) is 0 Å². The number of rotatable bonds is 3. The van der Waals surface area contributed by atoms with Gasteiger partial charge in [0.1, 0.15) is 0 Å². The van der Waals surface area contributed by atoms with E-state index in [1.165, 1.54) is 17.4 Å². The molecule has 1 amide bonds. The van der Waals surface area contributed by atoms with E-state index >= 15 is 0 Å². The lowest BCUT2D eigenvalue weighted by atomic mass is 10.0. The van der Waals surface area contributed by atoms with Crippen LogP contribution in [0.15, 0.2) is 89.7 Å². The number of Topliss-reactive ketones (excluding diaryl/α,β-unsaturated/α-hetero) is 1. The SMILES string of the molecule is O=C(C1=CC=CN(C(=O)c2ccccc2)N=C1)c1ccccc1. The maximum atomic E-state index is 12.4. The molecular formula is C19H14N2O2. The van der Waals surface area contributed by atoms with E-state index < -0.39 is 0 Å². The number of amides is 1. The number of hydrogen-bond acceptors (Lipinski definition) is 3. The van der Waals surface area contributed by atoms with Crippen molar-refractivity contribution in [1.29, 1.82) is 0 Å². The van der Waals surface area contributed by atoms with Crippen LogP contribution in [0, 0.1) is 0 Å². The first-order chi connectivity index (χ1) is 11.3. The van der Waals surface area contributed by atoms with Crippen LogP contribution in [-0.4, -0.2) is 22.9 Å². The van der Waals surface area contributed by atoms with Gasteiger partial charge >= 0.3 is 0 Å². The molecule has 0 saturated carbocycles. The molecular weight excluding hydrogens is 288 g/mol. The summed E-state index contributed by atoms with van der Waals surface area (Å²) in [6, 6.07) is 17.8. The van der Waals surface area contributed by atoms with Crippen LogP contribution < -0.4 is 0 Å². The highest BCUT2D eigenvalue weighted by atomic mass is 16.2. The van der Waals surface area contributed by atoms with Crippen molar-refractivity contribution in [3.8, 4) is 0 Å². The molecule has 1 aliphatic heterocycles. The Hall–Kier alpha value is -3.27. The fourth-order valence-corrected chi connectivity index (χ4v) is 2.16. The van der Waals surface area contributed by atoms with E-state index in [-0.39, 0.29) is 11.7 Å². The number of hydrazone groups is 1. The zero-order valence-corrected chi connectivity index (χ0v) is 12.3. The predicted octanol–water partition coefficient (Wildman–Crippen LogP) is 3.45. The third-order valence-electron chi connectivity index (χ3n) is 3.35. The van der Waals surface area contributed by atoms with Gasteiger partial charge in [-0.05, 0) is 24.3 Å². The van der Waals surface area contributed by atoms with Crippen LogP contribution in [0.25, 0.3) is 0 Å². The fourth-order valence-electron chi connectivity index (χ4n) is 2.16. The molecule has 3 rings (SSSR count). The molecule has 2 aromatic rings. The summed E-state index contributed by atoms with van der Waals surface area (Å²) in [6.45, 7) is 0. The predicted molar refractivity (Wildman–Crippen MR) is 89.1 cm³/mol. The zero-order valence-electron chi connectivity index (χ0n) is 12.3. The number of ketones is 1. The second-order valence-electron chi connectivity index (χ2n) is 4.92. The van der Waals surface area contributed by atoms with Crippen LogP contribution in [0.4, 0.5) is 0 Å². The standard InChI is InChI=1S/C19H14N2O2/c22-18(15-8-3-1-4-9-15)17-12-7-13-21(20-14-17)19(23)16-10-5-2-6-11-16/h1-14H. The summed E-state index contributed by atoms with van der Waals surface area (Å²) in [5.74, 6) is -0.382. The summed E-state index contributed by atoms with van der Waals surface area (Å²) in [6.07, 6.45) is 6.24. The van der Waals surface area contributed by atoms with E-state index in [2.05, 4.69) is 5.10 Å². The van der Waals surface area contributed by atoms with Crippen molar-refractivity contribution in [1.82, 2.24) is 5.01 Å². The molecule has 1 aliphatic rings. The molecule has 0 bridgehead atoms. The molecule has 0 saturated heterocycles. The molecule has 2 aromatic carbocycles. The lowest BCUT2D eigenvalue weighted by Gasteiger charge is -2.11. The van der Waals surface area contributed by atoms with Crippen molar-refractivity contribution in [3.05, 3.63) is 95.7 Å². The van der Waals surface area contributed by atoms with Gasteiger partial charge in [0.25, 0.3) is 5.91 Å². The summed E-state index contributed by atoms with van der Waals surface area (Å²) in [5, 5.41) is 5.33. The molecule has 112 valence electrons. The summed E-state index contributed by atoms with van der Waals surface area (Å²) in [7, 11) is 0. The molecule has 0 aromatic heterocycles. The average Bonchev–Trinajstić information content (AvgIpc) is 2.88. The minimum absolute atomic E-state index is 0.131. The van der Waals surface area contributed by atoms with E-state index in [9.17, 15) is 9.59 Å². The number of benzene rings is 2. The monoisotopic (exact) mass is 302 g/mol. The average molecular weight is 302 g/mol. The second-order valence-corrected chi connectivity index (χ2v) is 4.92. The minimum Gasteiger partial charge on any atom is -0.289 e. The number of hydrogen-bond donors (Lipinski definition) is 0. The Balaban J connectivity index is 1.80. The van der Waals surface area contributed by atoms with Gasteiger partial charge in [-0.2, -0.15) is 5.10 Å². The molecule has 0 aliphatic carbocycles. The van der Waals surface area contributed by atoms with Crippen molar-refractivity contribution >= 4 is 17.9 Å². The quantitative estimate of drug-likeness (QED) is 0.815. The van der Waals surface area contributed by atoms with Crippen LogP contribution in [0.1, 0.15) is 20.7 Å². The first-order valence-corrected chi connectivity index (χ1v) is 7.16. The Kier molecular flexibility index (Phi) is 4.25. The highest BCUT2D eigenvalue weighted by molar-refractivity contribution is 6.21. The molecule has 0 radical (unpaired) electrons. The van der Waals surface area contributed by atoms with Gasteiger partial charge in [0.2, 0.25) is 0 Å². The number of carbonyl (C=O) groups is 2. The van der Waals surface area contributed by atoms with Crippen molar-refractivity contribution in [2.45, 2.75) is 0 Å². The first-order valence-electron chi connectivity index (χ1n) is 7.16. The minimum atomic E-state index is -0.250. The molecule has 4 heteroatoms. The van der Waals surface area contributed by atoms with Gasteiger partial charge < -0.3 is 0 Å². The fraction of sp³-hybridized carbons (Fsp3) is 0. The van der Waals surface area contributed by atoms with Crippen molar-refractivity contribution in [3.63, 3.8) is 0 Å². The molecule has 0 unspecified atom stereocenters. The van der Waals surface area contributed by atoms with Crippen LogP contribution in [0.2, 0.25) is 0 Å². The van der Waals surface area contributed by atoms with Gasteiger partial charge in [-0.15, -0.1) is 0 Å². The van der Waals surface area contributed by atoms with E-state index in [1.807, 2.05) is 24.3 Å². The number of carbonyl (C=O) groups excluding carboxylic acids is 2. The molecule has 23 heavy (non-hydrogen) atoms. The third kappa shape index (κ3) is 3.32. The van der Waals surface area contributed by atoms with Crippen LogP contribution >= 0.6 is 0 Å². The van der Waals surface area contributed by atoms with Crippen LogP contribution in [-0.2, 0) is 0 Å². The van der Waals surface area contributed by atoms with Gasteiger partial charge in [0.05, 0.1) is 6.21 Å². The zero-order chi connectivity index (χ0) is 16.1. The molecule has 0 N–H and O–H groups in total. The largest absolute Gasteiger partial charge is 0.289 e. The molecule has 1 heterocycles. The maximum Gasteiger partial charge on any atom is 0.278 e. The Labute approximate surface area is 134 Å². The normalized spacial score (nSPS) is 13.4. The summed E-state index contributed by atoms with van der Waals surface area (Å²) < 4.78 is 0. The smallest absolute Gasteiger partial charge is 0.278 e. The van der Waals surface area contributed by atoms with Crippen molar-refractivity contribution in [2.75, 3.05) is 0 Å². The van der Waals surface area contributed by atoms with Crippen molar-refractivity contribution < 1.29 is 9.59 Å². The van der Waals surface area contributed by atoms with Crippen molar-refractivity contribution in [2.24, 2.45) is 5.10 Å². The van der Waals surface area contributed by atoms with Crippen LogP contribution in [0.3, 0.4) is 0 Å². The second kappa shape index (κ2) is 6.66. The Bertz CT molecular complexity index is 806. The molecule has 4 nitrogen and oxygen atoms in total. The Morgan fingerprint density at radius 2 is 1.43 bits per heavy atom. The van der Waals surface area contributed by atoms with Gasteiger partial charge in [0.15, 0.2) is 5.78 Å².